The van der Waals surface area contributed by atoms with E-state index in [9.17, 15) is 4.79 Å². The molecule has 8 heteroatoms. The number of aryl methyl sites for hydroxylation is 2. The molecule has 1 aromatic carbocycles. The number of amides is 1. The number of likely N-dealkylation sites (tertiary alicyclic amines) is 1. The standard InChI is InChI=1S/C19H21N5O2S/c1-3-7-16-17(27-23-21-16)19(25)24-10-14(13-8-5-4-6-9-13)15(11-24)18-20-12(2)22-26-18/h4-6,8-9,14-15H,3,7,10-11H2,1-2H3/t14-,15-/m1/s1. The summed E-state index contributed by atoms with van der Waals surface area (Å²) in [7, 11) is 0. The first-order valence-corrected chi connectivity index (χ1v) is 9.90. The van der Waals surface area contributed by atoms with E-state index >= 15 is 0 Å². The monoisotopic (exact) mass is 383 g/mol. The lowest BCUT2D eigenvalue weighted by molar-refractivity contribution is 0.0791. The van der Waals surface area contributed by atoms with Gasteiger partial charge < -0.3 is 9.42 Å². The van der Waals surface area contributed by atoms with Gasteiger partial charge in [-0.05, 0) is 30.4 Å². The second-order valence-electron chi connectivity index (χ2n) is 6.81. The number of nitrogens with zero attached hydrogens (tertiary/aromatic N) is 5. The van der Waals surface area contributed by atoms with Crippen molar-refractivity contribution in [3.8, 4) is 0 Å². The van der Waals surface area contributed by atoms with Gasteiger partial charge in [0.1, 0.15) is 4.88 Å². The van der Waals surface area contributed by atoms with Crippen LogP contribution in [-0.4, -0.2) is 43.6 Å². The second-order valence-corrected chi connectivity index (χ2v) is 7.57. The molecule has 0 unspecified atom stereocenters. The van der Waals surface area contributed by atoms with Crippen molar-refractivity contribution >= 4 is 17.4 Å². The Kier molecular flexibility index (Phi) is 4.98. The van der Waals surface area contributed by atoms with Crippen LogP contribution < -0.4 is 0 Å². The zero-order valence-electron chi connectivity index (χ0n) is 15.3. The molecule has 3 aromatic rings. The van der Waals surface area contributed by atoms with Crippen LogP contribution in [-0.2, 0) is 6.42 Å². The molecular formula is C19H21N5O2S. The third kappa shape index (κ3) is 3.49. The first-order chi connectivity index (χ1) is 13.2. The molecule has 1 fully saturated rings. The van der Waals surface area contributed by atoms with Crippen LogP contribution in [0.4, 0.5) is 0 Å². The predicted octanol–water partition coefficient (Wildman–Crippen LogP) is 3.21. The van der Waals surface area contributed by atoms with Gasteiger partial charge in [0.2, 0.25) is 5.89 Å². The van der Waals surface area contributed by atoms with Gasteiger partial charge in [-0.15, -0.1) is 5.10 Å². The first kappa shape index (κ1) is 17.8. The zero-order chi connectivity index (χ0) is 18.8. The van der Waals surface area contributed by atoms with Crippen molar-refractivity contribution in [3.63, 3.8) is 0 Å². The fourth-order valence-corrected chi connectivity index (χ4v) is 4.31. The summed E-state index contributed by atoms with van der Waals surface area (Å²) in [6.07, 6.45) is 1.70. The molecule has 0 radical (unpaired) electrons. The highest BCUT2D eigenvalue weighted by molar-refractivity contribution is 7.08. The topological polar surface area (TPSA) is 85.0 Å². The minimum Gasteiger partial charge on any atom is -0.339 e. The number of aromatic nitrogens is 4. The van der Waals surface area contributed by atoms with E-state index in [2.05, 4.69) is 38.8 Å². The van der Waals surface area contributed by atoms with Crippen molar-refractivity contribution in [1.82, 2.24) is 24.6 Å². The largest absolute Gasteiger partial charge is 0.339 e. The van der Waals surface area contributed by atoms with Crippen molar-refractivity contribution in [3.05, 3.63) is 58.2 Å². The zero-order valence-corrected chi connectivity index (χ0v) is 16.1. The van der Waals surface area contributed by atoms with E-state index in [1.54, 1.807) is 0 Å². The summed E-state index contributed by atoms with van der Waals surface area (Å²) in [6.45, 7) is 5.03. The molecule has 1 saturated heterocycles. The van der Waals surface area contributed by atoms with Crippen LogP contribution in [0.15, 0.2) is 34.9 Å². The van der Waals surface area contributed by atoms with Crippen LogP contribution in [0.2, 0.25) is 0 Å². The van der Waals surface area contributed by atoms with Gasteiger partial charge in [0, 0.05) is 19.0 Å². The number of carbonyl (C=O) groups is 1. The Hall–Kier alpha value is -2.61. The smallest absolute Gasteiger partial charge is 0.267 e. The Labute approximate surface area is 161 Å². The van der Waals surface area contributed by atoms with Crippen molar-refractivity contribution in [2.75, 3.05) is 13.1 Å². The van der Waals surface area contributed by atoms with Crippen LogP contribution in [0, 0.1) is 6.92 Å². The van der Waals surface area contributed by atoms with E-state index < -0.39 is 0 Å². The molecule has 1 aliphatic rings. The average Bonchev–Trinajstić information content (AvgIpc) is 3.41. The molecule has 0 bridgehead atoms. The quantitative estimate of drug-likeness (QED) is 0.673. The van der Waals surface area contributed by atoms with E-state index in [4.69, 9.17) is 4.52 Å². The van der Waals surface area contributed by atoms with Crippen molar-refractivity contribution in [2.45, 2.75) is 38.5 Å². The molecule has 1 aliphatic heterocycles. The van der Waals surface area contributed by atoms with E-state index in [1.165, 1.54) is 17.1 Å². The lowest BCUT2D eigenvalue weighted by atomic mass is 9.89. The Balaban J connectivity index is 1.64. The third-order valence-electron chi connectivity index (χ3n) is 4.93. The third-order valence-corrected chi connectivity index (χ3v) is 5.69. The molecule has 2 aromatic heterocycles. The lowest BCUT2D eigenvalue weighted by Crippen LogP contribution is -2.29. The van der Waals surface area contributed by atoms with Gasteiger partial charge in [-0.3, -0.25) is 4.79 Å². The van der Waals surface area contributed by atoms with E-state index in [0.717, 1.165) is 18.5 Å². The normalized spacial score (nSPS) is 19.6. The highest BCUT2D eigenvalue weighted by Crippen LogP contribution is 2.39. The Bertz CT molecular complexity index is 923. The summed E-state index contributed by atoms with van der Waals surface area (Å²) in [5.41, 5.74) is 1.96. The van der Waals surface area contributed by atoms with Crippen molar-refractivity contribution < 1.29 is 9.32 Å². The molecule has 0 saturated carbocycles. The minimum atomic E-state index is -0.0203. The SMILES string of the molecule is CCCc1nnsc1C(=O)N1C[C@H](c2ccccc2)[C@H](c2nc(C)no2)C1. The summed E-state index contributed by atoms with van der Waals surface area (Å²) in [4.78, 5) is 20.1. The molecule has 4 rings (SSSR count). The number of hydrogen-bond donors (Lipinski definition) is 0. The molecule has 0 N–H and O–H groups in total. The van der Waals surface area contributed by atoms with Gasteiger partial charge in [-0.1, -0.05) is 53.3 Å². The van der Waals surface area contributed by atoms with Gasteiger partial charge in [0.25, 0.3) is 5.91 Å². The Morgan fingerprint density at radius 2 is 2.04 bits per heavy atom. The molecule has 0 aliphatic carbocycles. The predicted molar refractivity (Wildman–Crippen MR) is 101 cm³/mol. The maximum atomic E-state index is 13.2. The van der Waals surface area contributed by atoms with Gasteiger partial charge in [-0.2, -0.15) is 4.98 Å². The molecule has 140 valence electrons. The van der Waals surface area contributed by atoms with Crippen LogP contribution in [0.25, 0.3) is 0 Å². The second kappa shape index (κ2) is 7.56. The van der Waals surface area contributed by atoms with E-state index in [-0.39, 0.29) is 17.7 Å². The van der Waals surface area contributed by atoms with Gasteiger partial charge >= 0.3 is 0 Å². The summed E-state index contributed by atoms with van der Waals surface area (Å²) in [6, 6.07) is 10.2. The van der Waals surface area contributed by atoms with Crippen LogP contribution in [0.5, 0.6) is 0 Å². The van der Waals surface area contributed by atoms with E-state index in [1.807, 2.05) is 30.0 Å². The maximum absolute atomic E-state index is 13.2. The summed E-state index contributed by atoms with van der Waals surface area (Å²) in [5, 5.41) is 8.08. The summed E-state index contributed by atoms with van der Waals surface area (Å²) >= 11 is 1.18. The lowest BCUT2D eigenvalue weighted by Gasteiger charge is -2.16. The molecule has 2 atom stereocenters. The molecule has 0 spiro atoms. The summed E-state index contributed by atoms with van der Waals surface area (Å²) in [5.74, 6) is 1.29. The van der Waals surface area contributed by atoms with Crippen LogP contribution in [0.1, 0.15) is 57.8 Å². The Morgan fingerprint density at radius 1 is 1.26 bits per heavy atom. The molecule has 27 heavy (non-hydrogen) atoms. The number of hydrogen-bond acceptors (Lipinski definition) is 7. The maximum Gasteiger partial charge on any atom is 0.267 e. The highest BCUT2D eigenvalue weighted by atomic mass is 32.1. The van der Waals surface area contributed by atoms with Gasteiger partial charge in [-0.25, -0.2) is 0 Å². The van der Waals surface area contributed by atoms with Crippen LogP contribution in [0.3, 0.4) is 0 Å². The number of carbonyl (C=O) groups excluding carboxylic acids is 1. The molecule has 3 heterocycles. The number of benzene rings is 1. The minimum absolute atomic E-state index is 0.00637. The molecule has 1 amide bonds. The van der Waals surface area contributed by atoms with Crippen LogP contribution >= 0.6 is 11.5 Å². The van der Waals surface area contributed by atoms with Gasteiger partial charge in [0.05, 0.1) is 11.6 Å². The fourth-order valence-electron chi connectivity index (χ4n) is 3.64. The van der Waals surface area contributed by atoms with Crippen molar-refractivity contribution in [2.24, 2.45) is 0 Å². The Morgan fingerprint density at radius 3 is 2.74 bits per heavy atom. The van der Waals surface area contributed by atoms with Crippen molar-refractivity contribution in [1.29, 1.82) is 0 Å². The summed E-state index contributed by atoms with van der Waals surface area (Å²) < 4.78 is 9.45. The molecule has 7 nitrogen and oxygen atoms in total. The average molecular weight is 383 g/mol. The fraction of sp³-hybridized carbons (Fsp3) is 0.421. The highest BCUT2D eigenvalue weighted by Gasteiger charge is 2.41. The first-order valence-electron chi connectivity index (χ1n) is 9.13. The van der Waals surface area contributed by atoms with E-state index in [0.29, 0.717) is 29.7 Å². The molecular weight excluding hydrogens is 362 g/mol. The number of rotatable bonds is 5. The van der Waals surface area contributed by atoms with Gasteiger partial charge in [0.15, 0.2) is 5.82 Å².